The summed E-state index contributed by atoms with van der Waals surface area (Å²) in [6, 6.07) is 0. The number of nitrogens with one attached hydrogen (secondary N) is 1. The molecule has 7 heteroatoms. The summed E-state index contributed by atoms with van der Waals surface area (Å²) in [5, 5.41) is 6.50. The number of hydrogen-bond acceptors (Lipinski definition) is 5. The van der Waals surface area contributed by atoms with Gasteiger partial charge in [-0.1, -0.05) is 0 Å². The molecule has 18 heavy (non-hydrogen) atoms. The van der Waals surface area contributed by atoms with E-state index in [2.05, 4.69) is 15.2 Å². The summed E-state index contributed by atoms with van der Waals surface area (Å²) >= 11 is 0. The Morgan fingerprint density at radius 1 is 1.33 bits per heavy atom. The fourth-order valence-electron chi connectivity index (χ4n) is 2.43. The quantitative estimate of drug-likeness (QED) is 0.738. The van der Waals surface area contributed by atoms with Crippen molar-refractivity contribution in [1.82, 2.24) is 20.1 Å². The molecule has 2 aliphatic rings. The number of aromatic nitrogens is 3. The number of aryl methyl sites for hydroxylation is 1. The molecule has 3 rings (SSSR count). The number of carbonyl (C=O) groups is 2. The zero-order valence-electron chi connectivity index (χ0n) is 9.83. The maximum atomic E-state index is 11.9. The Kier molecular flexibility index (Phi) is 2.83. The van der Waals surface area contributed by atoms with E-state index in [1.807, 2.05) is 0 Å². The van der Waals surface area contributed by atoms with E-state index >= 15 is 0 Å². The molecule has 2 amide bonds. The molecule has 0 spiro atoms. The minimum atomic E-state index is -0.405. The highest BCUT2D eigenvalue weighted by Crippen LogP contribution is 2.28. The minimum absolute atomic E-state index is 0.189. The van der Waals surface area contributed by atoms with Crippen LogP contribution in [0.3, 0.4) is 0 Å². The third-order valence-corrected chi connectivity index (χ3v) is 3.36. The molecule has 1 aromatic heterocycles. The first-order valence-electron chi connectivity index (χ1n) is 6.10. The molecule has 3 heterocycles. The summed E-state index contributed by atoms with van der Waals surface area (Å²) in [5.74, 6) is 0.392. The van der Waals surface area contributed by atoms with Gasteiger partial charge in [0.15, 0.2) is 0 Å². The number of nitrogens with zero attached hydrogens (tertiary/aromatic N) is 3. The van der Waals surface area contributed by atoms with Gasteiger partial charge in [-0.05, 0) is 19.3 Å². The van der Waals surface area contributed by atoms with Gasteiger partial charge < -0.3 is 4.74 Å². The fourth-order valence-corrected chi connectivity index (χ4v) is 2.43. The van der Waals surface area contributed by atoms with E-state index in [9.17, 15) is 9.59 Å². The summed E-state index contributed by atoms with van der Waals surface area (Å²) in [5.41, 5.74) is 0. The van der Waals surface area contributed by atoms with E-state index in [1.165, 1.54) is 11.2 Å². The summed E-state index contributed by atoms with van der Waals surface area (Å²) < 4.78 is 5.33. The molecular weight excluding hydrogens is 236 g/mol. The standard InChI is InChI=1S/C11H14N4O3/c16-10-7-3-4-8(18-7)11(17)15(10)5-1-2-9-12-6-13-14-9/h6-8H,1-5H2,(H,12,13,14). The van der Waals surface area contributed by atoms with E-state index in [4.69, 9.17) is 4.74 Å². The Hall–Kier alpha value is -1.76. The third-order valence-electron chi connectivity index (χ3n) is 3.36. The lowest BCUT2D eigenvalue weighted by Gasteiger charge is -2.29. The number of rotatable bonds is 4. The topological polar surface area (TPSA) is 88.2 Å². The molecule has 1 N–H and O–H groups in total. The van der Waals surface area contributed by atoms with Crippen LogP contribution in [0.1, 0.15) is 25.1 Å². The first kappa shape index (κ1) is 11.3. The Bertz CT molecular complexity index is 437. The molecule has 2 bridgehead atoms. The molecule has 2 aliphatic heterocycles. The number of imide groups is 1. The number of morpholine rings is 1. The van der Waals surface area contributed by atoms with Crippen LogP contribution in [0, 0.1) is 0 Å². The highest BCUT2D eigenvalue weighted by molar-refractivity contribution is 6.02. The molecular formula is C11H14N4O3. The molecule has 2 saturated heterocycles. The smallest absolute Gasteiger partial charge is 0.258 e. The van der Waals surface area contributed by atoms with Gasteiger partial charge in [-0.15, -0.1) is 0 Å². The summed E-state index contributed by atoms with van der Waals surface area (Å²) in [6.45, 7) is 0.425. The first-order valence-corrected chi connectivity index (χ1v) is 6.10. The lowest BCUT2D eigenvalue weighted by molar-refractivity contribution is -0.168. The van der Waals surface area contributed by atoms with Crippen LogP contribution in [-0.2, 0) is 20.7 Å². The van der Waals surface area contributed by atoms with Crippen LogP contribution in [0.25, 0.3) is 0 Å². The molecule has 0 saturated carbocycles. The lowest BCUT2D eigenvalue weighted by atomic mass is 10.2. The third kappa shape index (κ3) is 1.90. The van der Waals surface area contributed by atoms with Crippen molar-refractivity contribution in [3.8, 4) is 0 Å². The number of likely N-dealkylation sites (tertiary alicyclic amines) is 1. The predicted octanol–water partition coefficient (Wildman–Crippen LogP) is -0.346. The number of amides is 2. The largest absolute Gasteiger partial charge is 0.355 e. The van der Waals surface area contributed by atoms with Gasteiger partial charge in [-0.3, -0.25) is 19.6 Å². The Labute approximate surface area is 104 Å². The second kappa shape index (κ2) is 4.49. The fraction of sp³-hybridized carbons (Fsp3) is 0.636. The Morgan fingerprint density at radius 2 is 2.06 bits per heavy atom. The number of fused-ring (bicyclic) bond motifs is 2. The summed E-state index contributed by atoms with van der Waals surface area (Å²) in [7, 11) is 0. The van der Waals surface area contributed by atoms with Crippen LogP contribution in [0.5, 0.6) is 0 Å². The van der Waals surface area contributed by atoms with Crippen molar-refractivity contribution in [2.45, 2.75) is 37.9 Å². The monoisotopic (exact) mass is 250 g/mol. The van der Waals surface area contributed by atoms with Crippen molar-refractivity contribution in [2.24, 2.45) is 0 Å². The van der Waals surface area contributed by atoms with Crippen molar-refractivity contribution < 1.29 is 14.3 Å². The molecule has 0 aromatic carbocycles. The number of carbonyl (C=O) groups excluding carboxylic acids is 2. The van der Waals surface area contributed by atoms with E-state index in [-0.39, 0.29) is 11.8 Å². The van der Waals surface area contributed by atoms with Crippen molar-refractivity contribution in [1.29, 1.82) is 0 Å². The maximum absolute atomic E-state index is 11.9. The van der Waals surface area contributed by atoms with Crippen molar-refractivity contribution in [3.63, 3.8) is 0 Å². The van der Waals surface area contributed by atoms with Gasteiger partial charge in [-0.2, -0.15) is 5.10 Å². The van der Waals surface area contributed by atoms with Gasteiger partial charge >= 0.3 is 0 Å². The van der Waals surface area contributed by atoms with Crippen molar-refractivity contribution >= 4 is 11.8 Å². The van der Waals surface area contributed by atoms with Gasteiger partial charge in [0.05, 0.1) is 0 Å². The second-order valence-electron chi connectivity index (χ2n) is 4.55. The second-order valence-corrected chi connectivity index (χ2v) is 4.55. The highest BCUT2D eigenvalue weighted by Gasteiger charge is 2.45. The number of hydrogen-bond donors (Lipinski definition) is 1. The van der Waals surface area contributed by atoms with Crippen LogP contribution in [0.15, 0.2) is 6.33 Å². The van der Waals surface area contributed by atoms with Gasteiger partial charge in [-0.25, -0.2) is 4.98 Å². The Morgan fingerprint density at radius 3 is 2.67 bits per heavy atom. The SMILES string of the molecule is O=C1C2CCC(O2)C(=O)N1CCCc1ncn[nH]1. The molecule has 2 atom stereocenters. The van der Waals surface area contributed by atoms with Gasteiger partial charge in [0, 0.05) is 13.0 Å². The predicted molar refractivity (Wildman–Crippen MR) is 59.3 cm³/mol. The van der Waals surface area contributed by atoms with Crippen LogP contribution in [0.4, 0.5) is 0 Å². The minimum Gasteiger partial charge on any atom is -0.355 e. The Balaban J connectivity index is 1.58. The zero-order chi connectivity index (χ0) is 12.5. The van der Waals surface area contributed by atoms with Gasteiger partial charge in [0.2, 0.25) is 0 Å². The summed E-state index contributed by atoms with van der Waals surface area (Å²) in [6.07, 6.45) is 3.32. The number of aromatic amines is 1. The number of ether oxygens (including phenoxy) is 1. The van der Waals surface area contributed by atoms with Crippen LogP contribution >= 0.6 is 0 Å². The molecule has 96 valence electrons. The lowest BCUT2D eigenvalue weighted by Crippen LogP contribution is -2.51. The van der Waals surface area contributed by atoms with Crippen LogP contribution in [-0.4, -0.2) is 50.6 Å². The van der Waals surface area contributed by atoms with Crippen LogP contribution in [0.2, 0.25) is 0 Å². The van der Waals surface area contributed by atoms with E-state index in [0.717, 1.165) is 5.82 Å². The van der Waals surface area contributed by atoms with E-state index in [0.29, 0.717) is 32.2 Å². The van der Waals surface area contributed by atoms with Crippen molar-refractivity contribution in [2.75, 3.05) is 6.54 Å². The molecule has 0 radical (unpaired) electrons. The van der Waals surface area contributed by atoms with Crippen LogP contribution < -0.4 is 0 Å². The van der Waals surface area contributed by atoms with Gasteiger partial charge in [0.1, 0.15) is 24.4 Å². The average Bonchev–Trinajstić information content (AvgIpc) is 3.01. The molecule has 0 aliphatic carbocycles. The maximum Gasteiger partial charge on any atom is 0.258 e. The van der Waals surface area contributed by atoms with E-state index in [1.54, 1.807) is 0 Å². The zero-order valence-corrected chi connectivity index (χ0v) is 9.83. The molecule has 2 unspecified atom stereocenters. The molecule has 1 aromatic rings. The van der Waals surface area contributed by atoms with Gasteiger partial charge in [0.25, 0.3) is 11.8 Å². The van der Waals surface area contributed by atoms with E-state index < -0.39 is 12.2 Å². The number of H-pyrrole nitrogens is 1. The van der Waals surface area contributed by atoms with Crippen molar-refractivity contribution in [3.05, 3.63) is 12.2 Å². The molecule has 2 fully saturated rings. The normalized spacial score (nSPS) is 27.0. The first-order chi connectivity index (χ1) is 8.75. The molecule has 7 nitrogen and oxygen atoms in total. The average molecular weight is 250 g/mol. The highest BCUT2D eigenvalue weighted by atomic mass is 16.5. The summed E-state index contributed by atoms with van der Waals surface area (Å²) in [4.78, 5) is 29.2.